The summed E-state index contributed by atoms with van der Waals surface area (Å²) in [5, 5.41) is 12.2. The summed E-state index contributed by atoms with van der Waals surface area (Å²) in [6, 6.07) is 1.49. The lowest BCUT2D eigenvalue weighted by Crippen LogP contribution is -2.13. The maximum atomic E-state index is 11.3. The van der Waals surface area contributed by atoms with Crippen molar-refractivity contribution in [3.05, 3.63) is 22.2 Å². The van der Waals surface area contributed by atoms with Gasteiger partial charge in [-0.1, -0.05) is 0 Å². The summed E-state index contributed by atoms with van der Waals surface area (Å²) in [6.45, 7) is 3.53. The van der Waals surface area contributed by atoms with E-state index in [-0.39, 0.29) is 29.1 Å². The molecule has 0 saturated carbocycles. The molecule has 2 aromatic rings. The Bertz CT molecular complexity index is 655. The number of benzene rings is 1. The highest BCUT2D eigenvalue weighted by atomic mass is 16.5. The summed E-state index contributed by atoms with van der Waals surface area (Å²) in [5.41, 5.74) is 0.978. The van der Waals surface area contributed by atoms with Crippen molar-refractivity contribution in [2.24, 2.45) is 0 Å². The van der Waals surface area contributed by atoms with E-state index in [1.54, 1.807) is 13.8 Å². The fourth-order valence-corrected chi connectivity index (χ4v) is 1.60. The molecule has 7 heteroatoms. The summed E-state index contributed by atoms with van der Waals surface area (Å²) in [6.07, 6.45) is -0.660. The Balaban J connectivity index is 2.53. The van der Waals surface area contributed by atoms with Crippen molar-refractivity contribution in [3.8, 4) is 5.75 Å². The Morgan fingerprint density at radius 1 is 1.61 bits per heavy atom. The van der Waals surface area contributed by atoms with Crippen LogP contribution in [0.3, 0.4) is 0 Å². The summed E-state index contributed by atoms with van der Waals surface area (Å²) >= 11 is 0. The number of carbonyl (C=O) groups is 1. The number of aromatic hydroxyl groups is 1. The zero-order valence-corrected chi connectivity index (χ0v) is 9.86. The van der Waals surface area contributed by atoms with E-state index >= 15 is 0 Å². The van der Waals surface area contributed by atoms with Crippen LogP contribution in [0.4, 0.5) is 10.5 Å². The van der Waals surface area contributed by atoms with Gasteiger partial charge in [0.05, 0.1) is 12.3 Å². The fraction of sp³-hybridized carbons (Fsp3) is 0.273. The normalized spacial score (nSPS) is 10.6. The number of aryl methyl sites for hydroxylation is 1. The number of oxazole rings is 1. The number of H-pyrrole nitrogens is 1. The molecule has 0 aliphatic rings. The summed E-state index contributed by atoms with van der Waals surface area (Å²) in [5.74, 6) is -0.803. The molecule has 0 saturated heterocycles. The third-order valence-electron chi connectivity index (χ3n) is 2.38. The van der Waals surface area contributed by atoms with Crippen molar-refractivity contribution in [1.82, 2.24) is 4.98 Å². The average molecular weight is 252 g/mol. The number of aromatic nitrogens is 1. The van der Waals surface area contributed by atoms with Crippen LogP contribution in [0, 0.1) is 6.92 Å². The monoisotopic (exact) mass is 252 g/mol. The van der Waals surface area contributed by atoms with E-state index in [1.165, 1.54) is 6.07 Å². The number of carbonyl (C=O) groups excluding carboxylic acids is 1. The molecule has 1 aromatic carbocycles. The van der Waals surface area contributed by atoms with Gasteiger partial charge in [0.1, 0.15) is 11.3 Å². The number of fused-ring (bicyclic) bond motifs is 1. The van der Waals surface area contributed by atoms with Gasteiger partial charge < -0.3 is 14.3 Å². The molecule has 0 fully saturated rings. The van der Waals surface area contributed by atoms with E-state index < -0.39 is 11.8 Å². The van der Waals surface area contributed by atoms with Crippen LogP contribution in [0.5, 0.6) is 5.75 Å². The van der Waals surface area contributed by atoms with Gasteiger partial charge in [-0.25, -0.2) is 9.59 Å². The van der Waals surface area contributed by atoms with E-state index in [1.807, 2.05) is 0 Å². The number of ether oxygens (including phenoxy) is 1. The molecule has 0 unspecified atom stereocenters. The summed E-state index contributed by atoms with van der Waals surface area (Å²) in [4.78, 5) is 24.8. The van der Waals surface area contributed by atoms with Crippen LogP contribution >= 0.6 is 0 Å². The van der Waals surface area contributed by atoms with Crippen LogP contribution < -0.4 is 11.1 Å². The van der Waals surface area contributed by atoms with E-state index in [0.29, 0.717) is 5.56 Å². The predicted octanol–water partition coefficient (Wildman–Crippen LogP) is 1.70. The first kappa shape index (κ1) is 12.0. The third-order valence-corrected chi connectivity index (χ3v) is 2.38. The molecule has 18 heavy (non-hydrogen) atoms. The number of anilines is 1. The van der Waals surface area contributed by atoms with E-state index in [9.17, 15) is 14.7 Å². The second kappa shape index (κ2) is 4.44. The van der Waals surface area contributed by atoms with E-state index in [0.717, 1.165) is 0 Å². The van der Waals surface area contributed by atoms with Crippen LogP contribution in [0.25, 0.3) is 11.1 Å². The molecule has 0 aliphatic heterocycles. The van der Waals surface area contributed by atoms with Crippen molar-refractivity contribution >= 4 is 22.9 Å². The molecule has 1 heterocycles. The third kappa shape index (κ3) is 2.02. The smallest absolute Gasteiger partial charge is 0.417 e. The largest absolute Gasteiger partial charge is 0.505 e. The number of aromatic amines is 1. The Morgan fingerprint density at radius 3 is 3.00 bits per heavy atom. The lowest BCUT2D eigenvalue weighted by Gasteiger charge is -2.07. The predicted molar refractivity (Wildman–Crippen MR) is 63.9 cm³/mol. The average Bonchev–Trinajstić information content (AvgIpc) is 2.68. The highest BCUT2D eigenvalue weighted by molar-refractivity contribution is 5.98. The number of amides is 1. The quantitative estimate of drug-likeness (QED) is 0.705. The second-order valence-corrected chi connectivity index (χ2v) is 3.65. The molecule has 0 atom stereocenters. The first-order valence-electron chi connectivity index (χ1n) is 5.32. The number of phenolic OH excluding ortho intramolecular Hbond substituents is 1. The number of hydrogen-bond donors (Lipinski definition) is 3. The van der Waals surface area contributed by atoms with Crippen molar-refractivity contribution in [2.45, 2.75) is 13.8 Å². The lowest BCUT2D eigenvalue weighted by atomic mass is 10.1. The lowest BCUT2D eigenvalue weighted by molar-refractivity contribution is 0.168. The standard InChI is InChI=1S/C11H12N2O5/c1-3-17-10(15)12-6-4-5(2)8(14)7-9(6)18-11(16)13-7/h4,14H,3H2,1-2H3,(H,12,15)(H,13,16). The minimum Gasteiger partial charge on any atom is -0.505 e. The van der Waals surface area contributed by atoms with Crippen molar-refractivity contribution in [3.63, 3.8) is 0 Å². The van der Waals surface area contributed by atoms with Gasteiger partial charge in [-0.15, -0.1) is 0 Å². The number of hydrogen-bond acceptors (Lipinski definition) is 5. The SMILES string of the molecule is CCOC(=O)Nc1cc(C)c(O)c2[nH]c(=O)oc12. The number of phenols is 1. The Hall–Kier alpha value is -2.44. The molecule has 3 N–H and O–H groups in total. The van der Waals surface area contributed by atoms with Crippen LogP contribution in [0.15, 0.2) is 15.3 Å². The molecule has 96 valence electrons. The Morgan fingerprint density at radius 2 is 2.33 bits per heavy atom. The molecule has 0 spiro atoms. The number of nitrogens with one attached hydrogen (secondary N) is 2. The second-order valence-electron chi connectivity index (χ2n) is 3.65. The minimum absolute atomic E-state index is 0.0798. The molecule has 0 bridgehead atoms. The van der Waals surface area contributed by atoms with Crippen LogP contribution in [0.2, 0.25) is 0 Å². The van der Waals surface area contributed by atoms with E-state index in [2.05, 4.69) is 10.3 Å². The first-order valence-corrected chi connectivity index (χ1v) is 5.32. The Kier molecular flexibility index (Phi) is 2.97. The van der Waals surface area contributed by atoms with Crippen molar-refractivity contribution in [1.29, 1.82) is 0 Å². The highest BCUT2D eigenvalue weighted by Gasteiger charge is 2.16. The van der Waals surface area contributed by atoms with Gasteiger partial charge in [0.2, 0.25) is 0 Å². The van der Waals surface area contributed by atoms with Gasteiger partial charge in [0.25, 0.3) is 0 Å². The van der Waals surface area contributed by atoms with Gasteiger partial charge >= 0.3 is 11.8 Å². The molecule has 7 nitrogen and oxygen atoms in total. The van der Waals surface area contributed by atoms with Gasteiger partial charge in [0.15, 0.2) is 5.58 Å². The molecule has 2 rings (SSSR count). The Labute approximate surface area is 101 Å². The number of rotatable bonds is 2. The topological polar surface area (TPSA) is 105 Å². The van der Waals surface area contributed by atoms with Crippen LogP contribution in [0.1, 0.15) is 12.5 Å². The van der Waals surface area contributed by atoms with E-state index in [4.69, 9.17) is 9.15 Å². The zero-order valence-electron chi connectivity index (χ0n) is 9.86. The van der Waals surface area contributed by atoms with Gasteiger partial charge in [0, 0.05) is 0 Å². The molecular formula is C11H12N2O5. The van der Waals surface area contributed by atoms with Crippen LogP contribution in [-0.4, -0.2) is 22.8 Å². The molecule has 1 amide bonds. The van der Waals surface area contributed by atoms with Crippen molar-refractivity contribution < 1.29 is 19.1 Å². The first-order chi connectivity index (χ1) is 8.52. The molecule has 0 aliphatic carbocycles. The molecular weight excluding hydrogens is 240 g/mol. The fourth-order valence-electron chi connectivity index (χ4n) is 1.60. The highest BCUT2D eigenvalue weighted by Crippen LogP contribution is 2.32. The van der Waals surface area contributed by atoms with Gasteiger partial charge in [-0.3, -0.25) is 10.3 Å². The maximum Gasteiger partial charge on any atom is 0.417 e. The zero-order chi connectivity index (χ0) is 13.3. The molecule has 1 aromatic heterocycles. The summed E-state index contributed by atoms with van der Waals surface area (Å²) in [7, 11) is 0. The van der Waals surface area contributed by atoms with Gasteiger partial charge in [-0.05, 0) is 25.5 Å². The summed E-state index contributed by atoms with van der Waals surface area (Å²) < 4.78 is 9.60. The molecule has 0 radical (unpaired) electrons. The van der Waals surface area contributed by atoms with Crippen molar-refractivity contribution in [2.75, 3.05) is 11.9 Å². The maximum absolute atomic E-state index is 11.3. The van der Waals surface area contributed by atoms with Crippen LogP contribution in [-0.2, 0) is 4.74 Å². The van der Waals surface area contributed by atoms with Gasteiger partial charge in [-0.2, -0.15) is 0 Å². The minimum atomic E-state index is -0.710.